The molecule has 96 valence electrons. The smallest absolute Gasteiger partial charge is 0.102 e. The maximum atomic E-state index is 5.51. The Bertz CT molecular complexity index is 155. The summed E-state index contributed by atoms with van der Waals surface area (Å²) in [6.45, 7) is 12.6. The minimum atomic E-state index is 0.839. The molecule has 0 aliphatic carbocycles. The van der Waals surface area contributed by atoms with Gasteiger partial charge in [-0.15, -0.1) is 0 Å². The monoisotopic (exact) mass is 230 g/mol. The number of ether oxygens (including phenoxy) is 2. The zero-order valence-electron chi connectivity index (χ0n) is 11.0. The SMILES string of the molecule is CCOCC[N+]1(CCOCC)CCCCC1. The predicted octanol–water partition coefficient (Wildman–Crippen LogP) is 2.06. The minimum absolute atomic E-state index is 0.839. The molecular weight excluding hydrogens is 202 g/mol. The topological polar surface area (TPSA) is 18.5 Å². The molecule has 1 aliphatic rings. The Balaban J connectivity index is 2.33. The molecule has 0 amide bonds. The third kappa shape index (κ3) is 4.81. The molecule has 0 aromatic rings. The van der Waals surface area contributed by atoms with E-state index in [0.717, 1.165) is 26.4 Å². The van der Waals surface area contributed by atoms with Crippen LogP contribution >= 0.6 is 0 Å². The summed E-state index contributed by atoms with van der Waals surface area (Å²) in [5, 5.41) is 0. The van der Waals surface area contributed by atoms with Gasteiger partial charge in [0.2, 0.25) is 0 Å². The van der Waals surface area contributed by atoms with Crippen LogP contribution in [0.25, 0.3) is 0 Å². The van der Waals surface area contributed by atoms with Gasteiger partial charge in [0, 0.05) is 13.2 Å². The molecule has 0 radical (unpaired) electrons. The average Bonchev–Trinajstić information content (AvgIpc) is 2.31. The van der Waals surface area contributed by atoms with E-state index >= 15 is 0 Å². The Morgan fingerprint density at radius 2 is 1.31 bits per heavy atom. The molecule has 16 heavy (non-hydrogen) atoms. The van der Waals surface area contributed by atoms with Crippen LogP contribution in [-0.4, -0.2) is 57.1 Å². The molecule has 0 aromatic heterocycles. The first-order valence-corrected chi connectivity index (χ1v) is 6.83. The number of rotatable bonds is 8. The maximum absolute atomic E-state index is 5.51. The molecule has 0 spiro atoms. The van der Waals surface area contributed by atoms with Gasteiger partial charge in [-0.25, -0.2) is 0 Å². The number of quaternary nitrogens is 1. The van der Waals surface area contributed by atoms with E-state index in [1.165, 1.54) is 49.9 Å². The van der Waals surface area contributed by atoms with Crippen molar-refractivity contribution in [3.63, 3.8) is 0 Å². The molecule has 0 bridgehead atoms. The Morgan fingerprint density at radius 3 is 1.75 bits per heavy atom. The van der Waals surface area contributed by atoms with Crippen molar-refractivity contribution in [1.82, 2.24) is 0 Å². The number of hydrogen-bond acceptors (Lipinski definition) is 2. The van der Waals surface area contributed by atoms with Crippen LogP contribution in [0.3, 0.4) is 0 Å². The molecular formula is C13H28NO2+. The van der Waals surface area contributed by atoms with Crippen molar-refractivity contribution in [2.45, 2.75) is 33.1 Å². The first-order valence-electron chi connectivity index (χ1n) is 6.83. The van der Waals surface area contributed by atoms with Gasteiger partial charge in [-0.3, -0.25) is 0 Å². The first kappa shape index (κ1) is 13.9. The first-order chi connectivity index (χ1) is 7.83. The van der Waals surface area contributed by atoms with Gasteiger partial charge in [-0.1, -0.05) is 0 Å². The van der Waals surface area contributed by atoms with Crippen molar-refractivity contribution in [3.8, 4) is 0 Å². The van der Waals surface area contributed by atoms with Gasteiger partial charge >= 0.3 is 0 Å². The van der Waals surface area contributed by atoms with Gasteiger partial charge in [0.15, 0.2) is 0 Å². The second-order valence-electron chi connectivity index (χ2n) is 4.69. The molecule has 0 N–H and O–H groups in total. The summed E-state index contributed by atoms with van der Waals surface area (Å²) in [5.41, 5.74) is 0. The number of likely N-dealkylation sites (tertiary alicyclic amines) is 1. The van der Waals surface area contributed by atoms with Gasteiger partial charge in [0.1, 0.15) is 13.1 Å². The lowest BCUT2D eigenvalue weighted by atomic mass is 10.1. The Labute approximate surface area is 100 Å². The Morgan fingerprint density at radius 1 is 0.812 bits per heavy atom. The second kappa shape index (κ2) is 8.04. The van der Waals surface area contributed by atoms with Crippen molar-refractivity contribution in [3.05, 3.63) is 0 Å². The molecule has 3 heteroatoms. The van der Waals surface area contributed by atoms with Crippen LogP contribution in [-0.2, 0) is 9.47 Å². The molecule has 1 rings (SSSR count). The molecule has 0 saturated carbocycles. The summed E-state index contributed by atoms with van der Waals surface area (Å²) in [6.07, 6.45) is 4.15. The van der Waals surface area contributed by atoms with Gasteiger partial charge < -0.3 is 14.0 Å². The molecule has 0 unspecified atom stereocenters. The molecule has 1 saturated heterocycles. The summed E-state index contributed by atoms with van der Waals surface area (Å²) >= 11 is 0. The van der Waals surface area contributed by atoms with Crippen LogP contribution in [0.5, 0.6) is 0 Å². The lowest BCUT2D eigenvalue weighted by Gasteiger charge is -2.41. The molecule has 1 heterocycles. The number of hydrogen-bond donors (Lipinski definition) is 0. The van der Waals surface area contributed by atoms with Crippen molar-refractivity contribution >= 4 is 0 Å². The summed E-state index contributed by atoms with van der Waals surface area (Å²) in [4.78, 5) is 0. The maximum Gasteiger partial charge on any atom is 0.102 e. The summed E-state index contributed by atoms with van der Waals surface area (Å²) in [5.74, 6) is 0. The van der Waals surface area contributed by atoms with E-state index in [9.17, 15) is 0 Å². The fourth-order valence-corrected chi connectivity index (χ4v) is 2.55. The predicted molar refractivity (Wildman–Crippen MR) is 66.6 cm³/mol. The van der Waals surface area contributed by atoms with Gasteiger partial charge in [-0.05, 0) is 33.1 Å². The van der Waals surface area contributed by atoms with Gasteiger partial charge in [-0.2, -0.15) is 0 Å². The van der Waals surface area contributed by atoms with E-state index < -0.39 is 0 Å². The molecule has 1 fully saturated rings. The fourth-order valence-electron chi connectivity index (χ4n) is 2.55. The largest absolute Gasteiger partial charge is 0.376 e. The van der Waals surface area contributed by atoms with Crippen molar-refractivity contribution < 1.29 is 14.0 Å². The highest BCUT2D eigenvalue weighted by molar-refractivity contribution is 4.54. The highest BCUT2D eigenvalue weighted by atomic mass is 16.5. The van der Waals surface area contributed by atoms with E-state index in [2.05, 4.69) is 13.8 Å². The Hall–Kier alpha value is -0.120. The van der Waals surface area contributed by atoms with Crippen LogP contribution < -0.4 is 0 Å². The van der Waals surface area contributed by atoms with Gasteiger partial charge in [0.25, 0.3) is 0 Å². The van der Waals surface area contributed by atoms with E-state index in [1.54, 1.807) is 0 Å². The normalized spacial score (nSPS) is 19.9. The summed E-state index contributed by atoms with van der Waals surface area (Å²) < 4.78 is 12.2. The zero-order valence-corrected chi connectivity index (χ0v) is 11.0. The van der Waals surface area contributed by atoms with E-state index in [1.807, 2.05) is 0 Å². The lowest BCUT2D eigenvalue weighted by Crippen LogP contribution is -2.54. The zero-order chi connectivity index (χ0) is 11.7. The Kier molecular flexibility index (Phi) is 7.01. The number of nitrogens with zero attached hydrogens (tertiary/aromatic N) is 1. The fraction of sp³-hybridized carbons (Fsp3) is 1.00. The van der Waals surface area contributed by atoms with Crippen LogP contribution in [0, 0.1) is 0 Å². The van der Waals surface area contributed by atoms with E-state index in [-0.39, 0.29) is 0 Å². The molecule has 0 aromatic carbocycles. The highest BCUT2D eigenvalue weighted by Crippen LogP contribution is 2.18. The second-order valence-corrected chi connectivity index (χ2v) is 4.69. The summed E-state index contributed by atoms with van der Waals surface area (Å²) in [7, 11) is 0. The van der Waals surface area contributed by atoms with E-state index in [0.29, 0.717) is 0 Å². The average molecular weight is 230 g/mol. The minimum Gasteiger partial charge on any atom is -0.376 e. The van der Waals surface area contributed by atoms with Crippen LogP contribution in [0.15, 0.2) is 0 Å². The van der Waals surface area contributed by atoms with Crippen LogP contribution in [0.2, 0.25) is 0 Å². The van der Waals surface area contributed by atoms with Crippen molar-refractivity contribution in [2.24, 2.45) is 0 Å². The van der Waals surface area contributed by atoms with Crippen molar-refractivity contribution in [1.29, 1.82) is 0 Å². The molecule has 0 atom stereocenters. The number of piperidine rings is 1. The van der Waals surface area contributed by atoms with Crippen molar-refractivity contribution in [2.75, 3.05) is 52.6 Å². The van der Waals surface area contributed by atoms with Crippen LogP contribution in [0.4, 0.5) is 0 Å². The third-order valence-corrected chi connectivity index (χ3v) is 3.59. The summed E-state index contributed by atoms with van der Waals surface area (Å²) in [6, 6.07) is 0. The molecule has 3 nitrogen and oxygen atoms in total. The standard InChI is InChI=1S/C13H28NO2/c1-3-15-12-10-14(11-13-16-4-2)8-6-5-7-9-14/h3-13H2,1-2H3/q+1. The quantitative estimate of drug-likeness (QED) is 0.469. The highest BCUT2D eigenvalue weighted by Gasteiger charge is 2.29. The van der Waals surface area contributed by atoms with E-state index in [4.69, 9.17) is 9.47 Å². The van der Waals surface area contributed by atoms with Crippen LogP contribution in [0.1, 0.15) is 33.1 Å². The lowest BCUT2D eigenvalue weighted by molar-refractivity contribution is -0.933. The van der Waals surface area contributed by atoms with Gasteiger partial charge in [0.05, 0.1) is 26.3 Å². The molecule has 1 aliphatic heterocycles. The third-order valence-electron chi connectivity index (χ3n) is 3.59.